The summed E-state index contributed by atoms with van der Waals surface area (Å²) in [6, 6.07) is 8.77. The maximum Gasteiger partial charge on any atom is 0.0727 e. The van der Waals surface area contributed by atoms with Crippen LogP contribution in [0.15, 0.2) is 24.3 Å². The molecule has 0 spiro atoms. The van der Waals surface area contributed by atoms with Gasteiger partial charge in [0.1, 0.15) is 0 Å². The molecule has 0 atom stereocenters. The monoisotopic (exact) mass is 207 g/mol. The summed E-state index contributed by atoms with van der Waals surface area (Å²) in [5.74, 6) is 0. The van der Waals surface area contributed by atoms with Gasteiger partial charge in [0.15, 0.2) is 0 Å². The molecule has 76 valence electrons. The van der Waals surface area contributed by atoms with E-state index >= 15 is 0 Å². The third kappa shape index (κ3) is 3.88. The smallest absolute Gasteiger partial charge is 0.0727 e. The van der Waals surface area contributed by atoms with E-state index in [-0.39, 0.29) is 0 Å². The van der Waals surface area contributed by atoms with Gasteiger partial charge in [0.05, 0.1) is 4.99 Å². The number of benzene rings is 1. The van der Waals surface area contributed by atoms with E-state index in [9.17, 15) is 0 Å². The molecule has 2 heteroatoms. The number of aryl methyl sites for hydroxylation is 2. The quantitative estimate of drug-likeness (QED) is 0.751. The van der Waals surface area contributed by atoms with Gasteiger partial charge >= 0.3 is 0 Å². The summed E-state index contributed by atoms with van der Waals surface area (Å²) in [4.78, 5) is 0.621. The van der Waals surface area contributed by atoms with Crippen molar-refractivity contribution in [1.29, 1.82) is 0 Å². The van der Waals surface area contributed by atoms with Gasteiger partial charge in [-0.15, -0.1) is 0 Å². The highest BCUT2D eigenvalue weighted by atomic mass is 32.1. The third-order valence-electron chi connectivity index (χ3n) is 2.32. The average molecular weight is 207 g/mol. The molecule has 1 rings (SSSR count). The van der Waals surface area contributed by atoms with E-state index in [2.05, 4.69) is 31.2 Å². The van der Waals surface area contributed by atoms with Crippen LogP contribution in [0.3, 0.4) is 0 Å². The Morgan fingerprint density at radius 2 is 1.79 bits per heavy atom. The lowest BCUT2D eigenvalue weighted by Gasteiger charge is -2.02. The van der Waals surface area contributed by atoms with E-state index in [0.717, 1.165) is 25.7 Å². The Labute approximate surface area is 91.3 Å². The van der Waals surface area contributed by atoms with Crippen LogP contribution in [0.1, 0.15) is 30.9 Å². The van der Waals surface area contributed by atoms with Crippen molar-refractivity contribution in [3.63, 3.8) is 0 Å². The second kappa shape index (κ2) is 5.76. The number of hydrogen-bond acceptors (Lipinski definition) is 1. The maximum atomic E-state index is 5.43. The van der Waals surface area contributed by atoms with E-state index in [1.165, 1.54) is 11.1 Å². The summed E-state index contributed by atoms with van der Waals surface area (Å²) in [6.07, 6.45) is 4.08. The second-order valence-corrected chi connectivity index (χ2v) is 4.01. The minimum Gasteiger partial charge on any atom is -0.393 e. The zero-order chi connectivity index (χ0) is 10.4. The predicted molar refractivity (Wildman–Crippen MR) is 65.5 cm³/mol. The van der Waals surface area contributed by atoms with Gasteiger partial charge in [0, 0.05) is 0 Å². The zero-order valence-electron chi connectivity index (χ0n) is 8.62. The van der Waals surface area contributed by atoms with Crippen LogP contribution in [0.5, 0.6) is 0 Å². The van der Waals surface area contributed by atoms with Gasteiger partial charge in [-0.1, -0.05) is 43.4 Å². The van der Waals surface area contributed by atoms with Crippen molar-refractivity contribution in [2.24, 2.45) is 5.73 Å². The first-order valence-electron chi connectivity index (χ1n) is 5.08. The van der Waals surface area contributed by atoms with Crippen LogP contribution >= 0.6 is 12.2 Å². The molecule has 0 aromatic heterocycles. The first kappa shape index (κ1) is 11.2. The normalized spacial score (nSPS) is 10.1. The molecule has 0 amide bonds. The summed E-state index contributed by atoms with van der Waals surface area (Å²) in [7, 11) is 0. The molecular weight excluding hydrogens is 190 g/mol. The average Bonchev–Trinajstić information content (AvgIpc) is 2.18. The first-order chi connectivity index (χ1) is 6.72. The van der Waals surface area contributed by atoms with E-state index in [1.807, 2.05) is 0 Å². The van der Waals surface area contributed by atoms with Crippen molar-refractivity contribution in [3.05, 3.63) is 35.4 Å². The van der Waals surface area contributed by atoms with Crippen molar-refractivity contribution in [1.82, 2.24) is 0 Å². The van der Waals surface area contributed by atoms with E-state index in [4.69, 9.17) is 18.0 Å². The molecule has 0 saturated heterocycles. The van der Waals surface area contributed by atoms with Crippen LogP contribution < -0.4 is 5.73 Å². The number of nitrogens with two attached hydrogens (primary N) is 1. The Hall–Kier alpha value is -0.890. The molecule has 1 nitrogen and oxygen atoms in total. The molecule has 0 bridgehead atoms. The Balaban J connectivity index is 2.40. The molecule has 0 heterocycles. The molecule has 0 fully saturated rings. The Bertz CT molecular complexity index is 290. The summed E-state index contributed by atoms with van der Waals surface area (Å²) in [6.45, 7) is 2.17. The number of rotatable bonds is 5. The van der Waals surface area contributed by atoms with Crippen LogP contribution in [0.25, 0.3) is 0 Å². The van der Waals surface area contributed by atoms with Crippen LogP contribution in [-0.4, -0.2) is 4.99 Å². The Morgan fingerprint density at radius 1 is 1.21 bits per heavy atom. The zero-order valence-corrected chi connectivity index (χ0v) is 9.44. The molecule has 1 aromatic rings. The van der Waals surface area contributed by atoms with E-state index in [0.29, 0.717) is 4.99 Å². The molecule has 0 radical (unpaired) electrons. The van der Waals surface area contributed by atoms with Crippen molar-refractivity contribution < 1.29 is 0 Å². The highest BCUT2D eigenvalue weighted by molar-refractivity contribution is 7.80. The molecule has 0 aliphatic rings. The fourth-order valence-corrected chi connectivity index (χ4v) is 1.55. The molecule has 0 unspecified atom stereocenters. The van der Waals surface area contributed by atoms with E-state index in [1.54, 1.807) is 0 Å². The fourth-order valence-electron chi connectivity index (χ4n) is 1.41. The molecule has 0 saturated carbocycles. The summed E-state index contributed by atoms with van der Waals surface area (Å²) in [5.41, 5.74) is 8.20. The summed E-state index contributed by atoms with van der Waals surface area (Å²) in [5, 5.41) is 0. The Morgan fingerprint density at radius 3 is 2.29 bits per heavy atom. The van der Waals surface area contributed by atoms with Gasteiger partial charge in [0.25, 0.3) is 0 Å². The van der Waals surface area contributed by atoms with Crippen molar-refractivity contribution in [3.8, 4) is 0 Å². The molecule has 14 heavy (non-hydrogen) atoms. The van der Waals surface area contributed by atoms with Gasteiger partial charge in [-0.2, -0.15) is 0 Å². The second-order valence-electron chi connectivity index (χ2n) is 3.49. The topological polar surface area (TPSA) is 26.0 Å². The highest BCUT2D eigenvalue weighted by Crippen LogP contribution is 2.08. The maximum absolute atomic E-state index is 5.43. The predicted octanol–water partition coefficient (Wildman–Crippen LogP) is 2.86. The van der Waals surface area contributed by atoms with Crippen molar-refractivity contribution >= 4 is 17.2 Å². The lowest BCUT2D eigenvalue weighted by atomic mass is 10.1. The summed E-state index contributed by atoms with van der Waals surface area (Å²) >= 11 is 4.83. The fraction of sp³-hybridized carbons (Fsp3) is 0.417. The van der Waals surface area contributed by atoms with Crippen molar-refractivity contribution in [2.75, 3.05) is 0 Å². The molecular formula is C12H17NS. The number of thiocarbonyl (C=S) groups is 1. The lowest BCUT2D eigenvalue weighted by Crippen LogP contribution is -2.07. The van der Waals surface area contributed by atoms with Crippen LogP contribution in [0.2, 0.25) is 0 Å². The van der Waals surface area contributed by atoms with Gasteiger partial charge in [0.2, 0.25) is 0 Å². The highest BCUT2D eigenvalue weighted by Gasteiger charge is 1.95. The number of hydrogen-bond donors (Lipinski definition) is 1. The molecule has 0 aliphatic carbocycles. The van der Waals surface area contributed by atoms with Gasteiger partial charge in [-0.05, 0) is 36.8 Å². The van der Waals surface area contributed by atoms with Gasteiger partial charge in [-0.3, -0.25) is 0 Å². The minimum absolute atomic E-state index is 0.621. The Kier molecular flexibility index (Phi) is 4.60. The van der Waals surface area contributed by atoms with Crippen LogP contribution in [-0.2, 0) is 12.8 Å². The van der Waals surface area contributed by atoms with Crippen LogP contribution in [0.4, 0.5) is 0 Å². The molecule has 0 aliphatic heterocycles. The van der Waals surface area contributed by atoms with Gasteiger partial charge < -0.3 is 5.73 Å². The van der Waals surface area contributed by atoms with E-state index < -0.39 is 0 Å². The largest absolute Gasteiger partial charge is 0.393 e. The standard InChI is InChI=1S/C12H17NS/c1-2-10-6-8-11(9-7-10)4-3-5-12(13)14/h6-9H,2-5H2,1H3,(H2,13,14). The minimum atomic E-state index is 0.621. The van der Waals surface area contributed by atoms with Crippen molar-refractivity contribution in [2.45, 2.75) is 32.6 Å². The summed E-state index contributed by atoms with van der Waals surface area (Å²) < 4.78 is 0. The van der Waals surface area contributed by atoms with Gasteiger partial charge in [-0.25, -0.2) is 0 Å². The molecule has 2 N–H and O–H groups in total. The lowest BCUT2D eigenvalue weighted by molar-refractivity contribution is 0.867. The third-order valence-corrected chi connectivity index (χ3v) is 2.52. The first-order valence-corrected chi connectivity index (χ1v) is 5.49. The SMILES string of the molecule is CCc1ccc(CCCC(N)=S)cc1. The van der Waals surface area contributed by atoms with Crippen LogP contribution in [0, 0.1) is 0 Å². The molecule has 1 aromatic carbocycles.